The Morgan fingerprint density at radius 3 is 2.66 bits per heavy atom. The molecule has 2 heterocycles. The molecule has 0 saturated carbocycles. The Labute approximate surface area is 192 Å². The molecule has 0 aliphatic carbocycles. The first kappa shape index (κ1) is 22.1. The van der Waals surface area contributed by atoms with Gasteiger partial charge in [0.2, 0.25) is 11.8 Å². The van der Waals surface area contributed by atoms with E-state index in [1.54, 1.807) is 0 Å². The summed E-state index contributed by atoms with van der Waals surface area (Å²) >= 11 is 1.37. The van der Waals surface area contributed by atoms with E-state index in [0.717, 1.165) is 29.8 Å². The fraction of sp³-hybridized carbons (Fsp3) is 0.333. The number of aromatic nitrogens is 3. The van der Waals surface area contributed by atoms with Gasteiger partial charge in [-0.3, -0.25) is 9.59 Å². The molecule has 0 spiro atoms. The van der Waals surface area contributed by atoms with Gasteiger partial charge in [0.05, 0.1) is 12.2 Å². The first-order valence-electron chi connectivity index (χ1n) is 10.9. The standard InChI is InChI=1S/C24H27N5O2S/c1-3-17-9-5-7-11-19(17)25-22(30)15-21-26-27-24(28(21)4-2)32-16-23(31)29-14-13-18-10-6-8-12-20(18)29/h5-12H,3-4,13-16H2,1-2H3,(H,25,30). The molecule has 0 unspecified atom stereocenters. The quantitative estimate of drug-likeness (QED) is 0.530. The molecule has 8 heteroatoms. The lowest BCUT2D eigenvalue weighted by atomic mass is 10.1. The molecule has 166 valence electrons. The predicted octanol–water partition coefficient (Wildman–Crippen LogP) is 3.72. The van der Waals surface area contributed by atoms with E-state index in [2.05, 4.69) is 28.5 Å². The van der Waals surface area contributed by atoms with Crippen LogP contribution < -0.4 is 10.2 Å². The molecular weight excluding hydrogens is 422 g/mol. The lowest BCUT2D eigenvalue weighted by Gasteiger charge is -2.17. The molecule has 3 aromatic rings. The normalized spacial score (nSPS) is 12.6. The van der Waals surface area contributed by atoms with Crippen LogP contribution in [0.15, 0.2) is 53.7 Å². The Morgan fingerprint density at radius 1 is 1.06 bits per heavy atom. The minimum absolute atomic E-state index is 0.0565. The van der Waals surface area contributed by atoms with Gasteiger partial charge in [-0.25, -0.2) is 0 Å². The Balaban J connectivity index is 1.39. The third-order valence-electron chi connectivity index (χ3n) is 5.61. The molecule has 0 bridgehead atoms. The van der Waals surface area contributed by atoms with Gasteiger partial charge in [-0.05, 0) is 43.0 Å². The summed E-state index contributed by atoms with van der Waals surface area (Å²) in [5.41, 5.74) is 4.13. The topological polar surface area (TPSA) is 80.1 Å². The van der Waals surface area contributed by atoms with Gasteiger partial charge < -0.3 is 14.8 Å². The molecule has 2 amide bonds. The van der Waals surface area contributed by atoms with Gasteiger partial charge in [0.25, 0.3) is 0 Å². The zero-order valence-corrected chi connectivity index (χ0v) is 19.2. The summed E-state index contributed by atoms with van der Waals surface area (Å²) < 4.78 is 1.90. The second kappa shape index (κ2) is 9.99. The summed E-state index contributed by atoms with van der Waals surface area (Å²) in [4.78, 5) is 27.3. The van der Waals surface area contributed by atoms with Crippen LogP contribution in [-0.2, 0) is 35.4 Å². The summed E-state index contributed by atoms with van der Waals surface area (Å²) in [6, 6.07) is 15.8. The van der Waals surface area contributed by atoms with Crippen LogP contribution in [-0.4, -0.2) is 38.9 Å². The summed E-state index contributed by atoms with van der Waals surface area (Å²) in [6.07, 6.45) is 1.86. The van der Waals surface area contributed by atoms with Gasteiger partial charge in [-0.2, -0.15) is 0 Å². The van der Waals surface area contributed by atoms with Gasteiger partial charge >= 0.3 is 0 Å². The third-order valence-corrected chi connectivity index (χ3v) is 6.57. The van der Waals surface area contributed by atoms with Crippen molar-refractivity contribution in [3.63, 3.8) is 0 Å². The molecular formula is C24H27N5O2S. The molecule has 0 atom stereocenters. The highest BCUT2D eigenvalue weighted by atomic mass is 32.2. The number of para-hydroxylation sites is 2. The SMILES string of the molecule is CCc1ccccc1NC(=O)Cc1nnc(SCC(=O)N2CCc3ccccc32)n1CC. The number of hydrogen-bond donors (Lipinski definition) is 1. The highest BCUT2D eigenvalue weighted by Gasteiger charge is 2.25. The van der Waals surface area contributed by atoms with Crippen LogP contribution in [0.5, 0.6) is 0 Å². The van der Waals surface area contributed by atoms with Crippen molar-refractivity contribution in [2.75, 3.05) is 22.5 Å². The van der Waals surface area contributed by atoms with Gasteiger partial charge in [-0.15, -0.1) is 10.2 Å². The predicted molar refractivity (Wildman–Crippen MR) is 127 cm³/mol. The van der Waals surface area contributed by atoms with Crippen molar-refractivity contribution >= 4 is 35.0 Å². The molecule has 1 aliphatic heterocycles. The van der Waals surface area contributed by atoms with Crippen molar-refractivity contribution in [2.45, 2.75) is 44.8 Å². The Kier molecular flexibility index (Phi) is 6.90. The number of nitrogens with one attached hydrogen (secondary N) is 1. The Morgan fingerprint density at radius 2 is 1.84 bits per heavy atom. The average molecular weight is 450 g/mol. The van der Waals surface area contributed by atoms with E-state index in [4.69, 9.17) is 0 Å². The number of amides is 2. The Hall–Kier alpha value is -3.13. The number of carbonyl (C=O) groups excluding carboxylic acids is 2. The van der Waals surface area contributed by atoms with E-state index in [1.165, 1.54) is 17.3 Å². The second-order valence-electron chi connectivity index (χ2n) is 7.59. The zero-order chi connectivity index (χ0) is 22.5. The van der Waals surface area contributed by atoms with Crippen molar-refractivity contribution in [1.82, 2.24) is 14.8 Å². The number of anilines is 2. The number of hydrogen-bond acceptors (Lipinski definition) is 5. The van der Waals surface area contributed by atoms with Crippen LogP contribution in [0.3, 0.4) is 0 Å². The van der Waals surface area contributed by atoms with Crippen molar-refractivity contribution in [1.29, 1.82) is 0 Å². The lowest BCUT2D eigenvalue weighted by molar-refractivity contribution is -0.116. The second-order valence-corrected chi connectivity index (χ2v) is 8.53. The molecule has 2 aromatic carbocycles. The third kappa shape index (κ3) is 4.70. The summed E-state index contributed by atoms with van der Waals surface area (Å²) in [5, 5.41) is 12.1. The number of rotatable bonds is 8. The van der Waals surface area contributed by atoms with Crippen LogP contribution in [0.1, 0.15) is 30.8 Å². The van der Waals surface area contributed by atoms with Gasteiger partial charge in [0.1, 0.15) is 5.82 Å². The smallest absolute Gasteiger partial charge is 0.237 e. The number of benzene rings is 2. The summed E-state index contributed by atoms with van der Waals surface area (Å²) in [6.45, 7) is 5.39. The maximum absolute atomic E-state index is 12.8. The number of carbonyl (C=O) groups is 2. The highest BCUT2D eigenvalue weighted by molar-refractivity contribution is 7.99. The van der Waals surface area contributed by atoms with Gasteiger partial charge in [0.15, 0.2) is 5.16 Å². The van der Waals surface area contributed by atoms with Crippen molar-refractivity contribution in [3.05, 3.63) is 65.5 Å². The Bertz CT molecular complexity index is 1130. The van der Waals surface area contributed by atoms with Crippen molar-refractivity contribution in [3.8, 4) is 0 Å². The molecule has 4 rings (SSSR count). The number of thioether (sulfide) groups is 1. The number of aryl methyl sites for hydroxylation is 1. The van der Waals surface area contributed by atoms with Crippen LogP contribution in [0.4, 0.5) is 11.4 Å². The molecule has 32 heavy (non-hydrogen) atoms. The molecule has 0 fully saturated rings. The lowest BCUT2D eigenvalue weighted by Crippen LogP contribution is -2.30. The van der Waals surface area contributed by atoms with Crippen LogP contribution in [0.2, 0.25) is 0 Å². The molecule has 7 nitrogen and oxygen atoms in total. The minimum atomic E-state index is -0.130. The fourth-order valence-electron chi connectivity index (χ4n) is 3.96. The fourth-order valence-corrected chi connectivity index (χ4v) is 4.86. The maximum atomic E-state index is 12.8. The number of nitrogens with zero attached hydrogens (tertiary/aromatic N) is 4. The van der Waals surface area contributed by atoms with E-state index >= 15 is 0 Å². The number of fused-ring (bicyclic) bond motifs is 1. The summed E-state index contributed by atoms with van der Waals surface area (Å²) in [5.74, 6) is 0.804. The molecule has 0 radical (unpaired) electrons. The van der Waals surface area contributed by atoms with E-state index < -0.39 is 0 Å². The van der Waals surface area contributed by atoms with Gasteiger partial charge in [0, 0.05) is 24.5 Å². The van der Waals surface area contributed by atoms with E-state index in [0.29, 0.717) is 24.1 Å². The van der Waals surface area contributed by atoms with E-state index in [1.807, 2.05) is 58.9 Å². The van der Waals surface area contributed by atoms with Gasteiger partial charge in [-0.1, -0.05) is 55.1 Å². The minimum Gasteiger partial charge on any atom is -0.325 e. The average Bonchev–Trinajstić information content (AvgIpc) is 3.41. The monoisotopic (exact) mass is 449 g/mol. The van der Waals surface area contributed by atoms with E-state index in [9.17, 15) is 9.59 Å². The van der Waals surface area contributed by atoms with Crippen LogP contribution >= 0.6 is 11.8 Å². The molecule has 0 saturated heterocycles. The maximum Gasteiger partial charge on any atom is 0.237 e. The zero-order valence-electron chi connectivity index (χ0n) is 18.4. The first-order valence-corrected chi connectivity index (χ1v) is 11.9. The van der Waals surface area contributed by atoms with Crippen LogP contribution in [0.25, 0.3) is 0 Å². The van der Waals surface area contributed by atoms with Crippen molar-refractivity contribution < 1.29 is 9.59 Å². The van der Waals surface area contributed by atoms with E-state index in [-0.39, 0.29) is 24.0 Å². The first-order chi connectivity index (χ1) is 15.6. The van der Waals surface area contributed by atoms with Crippen LogP contribution in [0, 0.1) is 0 Å². The summed E-state index contributed by atoms with van der Waals surface area (Å²) in [7, 11) is 0. The molecule has 1 aliphatic rings. The highest BCUT2D eigenvalue weighted by Crippen LogP contribution is 2.29. The van der Waals surface area contributed by atoms with Crippen molar-refractivity contribution in [2.24, 2.45) is 0 Å². The molecule has 1 N–H and O–H groups in total. The molecule has 1 aromatic heterocycles. The largest absolute Gasteiger partial charge is 0.325 e.